The number of hydrogen-bond acceptors (Lipinski definition) is 11. The molecule has 3 aromatic carbocycles. The minimum atomic E-state index is -1.39. The van der Waals surface area contributed by atoms with Crippen LogP contribution in [0.5, 0.6) is 28.7 Å². The van der Waals surface area contributed by atoms with E-state index < -0.39 is 42.2 Å². The summed E-state index contributed by atoms with van der Waals surface area (Å²) in [5.74, 6) is 0.864. The van der Waals surface area contributed by atoms with Gasteiger partial charge in [0.1, 0.15) is 30.0 Å². The lowest BCUT2D eigenvalue weighted by Gasteiger charge is -2.24. The quantitative estimate of drug-likeness (QED) is 0.127. The monoisotopic (exact) mass is 664 g/mol. The van der Waals surface area contributed by atoms with Crippen LogP contribution in [0.2, 0.25) is 0 Å². The minimum Gasteiger partial charge on any atom is -0.508 e. The summed E-state index contributed by atoms with van der Waals surface area (Å²) in [6, 6.07) is 14.3. The summed E-state index contributed by atoms with van der Waals surface area (Å²) in [6.07, 6.45) is 0.515. The molecule has 1 aliphatic rings. The smallest absolute Gasteiger partial charge is 0.408 e. The van der Waals surface area contributed by atoms with Gasteiger partial charge in [-0.15, -0.1) is 0 Å². The molecule has 0 aliphatic carbocycles. The van der Waals surface area contributed by atoms with E-state index in [2.05, 4.69) is 21.2 Å². The molecule has 3 amide bonds. The van der Waals surface area contributed by atoms with Gasteiger partial charge in [0.05, 0.1) is 19.4 Å². The molecule has 1 aliphatic heterocycles. The number of hydrazone groups is 1. The molecule has 0 spiro atoms. The molecule has 0 bridgehead atoms. The fourth-order valence-electron chi connectivity index (χ4n) is 4.43. The first kappa shape index (κ1) is 35.4. The van der Waals surface area contributed by atoms with Gasteiger partial charge in [-0.3, -0.25) is 9.59 Å². The topological polar surface area (TPSA) is 186 Å². The van der Waals surface area contributed by atoms with Crippen molar-refractivity contribution in [2.75, 3.05) is 20.0 Å². The fraction of sp³-hybridized carbons (Fsp3) is 0.353. The summed E-state index contributed by atoms with van der Waals surface area (Å²) >= 11 is 0. The summed E-state index contributed by atoms with van der Waals surface area (Å²) in [7, 11) is 0. The van der Waals surface area contributed by atoms with Crippen molar-refractivity contribution in [3.63, 3.8) is 0 Å². The van der Waals surface area contributed by atoms with Crippen LogP contribution in [-0.4, -0.2) is 72.0 Å². The van der Waals surface area contributed by atoms with Crippen molar-refractivity contribution in [1.29, 1.82) is 0 Å². The SMILES string of the molecule is CCOc1cc(/C=N\NC(=O)[C@H](Cc2ccc(O)cc2)NC(=O)[C@H](CO)NC(=O)OC(C)(C)C)ccc1OCc1ccc2c(c1)OCO2. The number of aliphatic hydroxyl groups is 1. The van der Waals surface area contributed by atoms with Gasteiger partial charge in [-0.05, 0) is 86.8 Å². The third-order valence-electron chi connectivity index (χ3n) is 6.69. The highest BCUT2D eigenvalue weighted by Crippen LogP contribution is 2.34. The molecule has 0 saturated heterocycles. The lowest BCUT2D eigenvalue weighted by Crippen LogP contribution is -2.55. The van der Waals surface area contributed by atoms with Gasteiger partial charge in [0.25, 0.3) is 5.91 Å². The van der Waals surface area contributed by atoms with E-state index in [1.54, 1.807) is 51.1 Å². The molecule has 0 radical (unpaired) electrons. The normalized spacial score (nSPS) is 13.4. The number of aliphatic hydroxyl groups excluding tert-OH is 1. The number of nitrogens with one attached hydrogen (secondary N) is 3. The maximum absolute atomic E-state index is 13.3. The molecule has 1 heterocycles. The lowest BCUT2D eigenvalue weighted by molar-refractivity contribution is -0.130. The Morgan fingerprint density at radius 2 is 1.62 bits per heavy atom. The van der Waals surface area contributed by atoms with Crippen LogP contribution < -0.4 is 35.0 Å². The van der Waals surface area contributed by atoms with Gasteiger partial charge in [0, 0.05) is 6.42 Å². The first-order chi connectivity index (χ1) is 22.9. The van der Waals surface area contributed by atoms with E-state index in [1.165, 1.54) is 18.3 Å². The van der Waals surface area contributed by atoms with E-state index in [4.69, 9.17) is 23.7 Å². The number of fused-ring (bicyclic) bond motifs is 1. The molecule has 14 heteroatoms. The summed E-state index contributed by atoms with van der Waals surface area (Å²) in [4.78, 5) is 38.5. The average molecular weight is 665 g/mol. The Hall–Kier alpha value is -5.50. The number of benzene rings is 3. The van der Waals surface area contributed by atoms with Crippen molar-refractivity contribution in [1.82, 2.24) is 16.1 Å². The van der Waals surface area contributed by atoms with Crippen LogP contribution in [0.15, 0.2) is 65.8 Å². The summed E-state index contributed by atoms with van der Waals surface area (Å²) in [6.45, 7) is 6.89. The zero-order valence-electron chi connectivity index (χ0n) is 27.1. The van der Waals surface area contributed by atoms with Crippen LogP contribution in [0.1, 0.15) is 44.4 Å². The second-order valence-electron chi connectivity index (χ2n) is 11.7. The van der Waals surface area contributed by atoms with Gasteiger partial charge < -0.3 is 44.5 Å². The van der Waals surface area contributed by atoms with Crippen molar-refractivity contribution in [2.45, 2.75) is 58.4 Å². The van der Waals surface area contributed by atoms with Crippen molar-refractivity contribution in [3.8, 4) is 28.7 Å². The van der Waals surface area contributed by atoms with Crippen LogP contribution in [0.3, 0.4) is 0 Å². The Morgan fingerprint density at radius 1 is 0.896 bits per heavy atom. The number of carbonyl (C=O) groups excluding carboxylic acids is 3. The van der Waals surface area contributed by atoms with Gasteiger partial charge in [-0.2, -0.15) is 5.10 Å². The zero-order valence-corrected chi connectivity index (χ0v) is 27.1. The number of amides is 3. The van der Waals surface area contributed by atoms with Crippen LogP contribution in [0.4, 0.5) is 4.79 Å². The Balaban J connectivity index is 1.42. The molecule has 14 nitrogen and oxygen atoms in total. The Labute approximate surface area is 278 Å². The third kappa shape index (κ3) is 10.5. The van der Waals surface area contributed by atoms with E-state index >= 15 is 0 Å². The number of phenolic OH excluding ortho intramolecular Hbond substituents is 1. The predicted octanol–water partition coefficient (Wildman–Crippen LogP) is 3.16. The third-order valence-corrected chi connectivity index (χ3v) is 6.69. The van der Waals surface area contributed by atoms with Gasteiger partial charge >= 0.3 is 6.09 Å². The number of ether oxygens (including phenoxy) is 5. The van der Waals surface area contributed by atoms with E-state index in [-0.39, 0.29) is 25.6 Å². The summed E-state index contributed by atoms with van der Waals surface area (Å²) in [5, 5.41) is 28.3. The molecule has 5 N–H and O–H groups in total. The first-order valence-electron chi connectivity index (χ1n) is 15.2. The van der Waals surface area contributed by atoms with Crippen molar-refractivity contribution < 1.29 is 48.3 Å². The van der Waals surface area contributed by atoms with Gasteiger partial charge in [0.15, 0.2) is 23.0 Å². The second kappa shape index (κ2) is 16.4. The Morgan fingerprint density at radius 3 is 2.33 bits per heavy atom. The molecule has 2 atom stereocenters. The van der Waals surface area contributed by atoms with Gasteiger partial charge in [-0.25, -0.2) is 10.2 Å². The number of carbonyl (C=O) groups is 3. The van der Waals surface area contributed by atoms with Crippen molar-refractivity contribution >= 4 is 24.1 Å². The second-order valence-corrected chi connectivity index (χ2v) is 11.7. The predicted molar refractivity (Wildman–Crippen MR) is 174 cm³/mol. The minimum absolute atomic E-state index is 0.0157. The zero-order chi connectivity index (χ0) is 34.7. The molecular weight excluding hydrogens is 624 g/mol. The largest absolute Gasteiger partial charge is 0.508 e. The number of aromatic hydroxyl groups is 1. The molecule has 4 rings (SSSR count). The fourth-order valence-corrected chi connectivity index (χ4v) is 4.43. The van der Waals surface area contributed by atoms with Crippen molar-refractivity contribution in [2.24, 2.45) is 5.10 Å². The van der Waals surface area contributed by atoms with Crippen LogP contribution >= 0.6 is 0 Å². The average Bonchev–Trinajstić information content (AvgIpc) is 3.51. The van der Waals surface area contributed by atoms with Gasteiger partial charge in [0.2, 0.25) is 12.7 Å². The number of rotatable bonds is 14. The first-order valence-corrected chi connectivity index (χ1v) is 15.2. The maximum atomic E-state index is 13.3. The van der Waals surface area contributed by atoms with Crippen molar-refractivity contribution in [3.05, 3.63) is 77.4 Å². The lowest BCUT2D eigenvalue weighted by atomic mass is 10.0. The Kier molecular flexibility index (Phi) is 12.1. The standard InChI is InChI=1S/C34H40N4O10/c1-5-44-29-15-22(8-12-27(29)45-19-23-9-13-28-30(16-23)47-20-46-28)17-35-38-32(42)25(14-21-6-10-24(40)11-7-21)36-31(41)26(18-39)37-33(43)48-34(2,3)4/h6-13,15-17,25-26,39-40H,5,14,18-20H2,1-4H3,(H,36,41)(H,37,43)(H,38,42)/b35-17-/t25-,26-/m0/s1. The summed E-state index contributed by atoms with van der Waals surface area (Å²) < 4.78 is 27.7. The molecule has 0 aromatic heterocycles. The molecule has 0 saturated carbocycles. The summed E-state index contributed by atoms with van der Waals surface area (Å²) in [5.41, 5.74) is 3.70. The molecular formula is C34H40N4O10. The van der Waals surface area contributed by atoms with E-state index in [0.29, 0.717) is 40.7 Å². The van der Waals surface area contributed by atoms with Crippen LogP contribution in [0, 0.1) is 0 Å². The van der Waals surface area contributed by atoms with Gasteiger partial charge in [-0.1, -0.05) is 18.2 Å². The highest BCUT2D eigenvalue weighted by Gasteiger charge is 2.28. The number of hydrogen-bond donors (Lipinski definition) is 5. The highest BCUT2D eigenvalue weighted by atomic mass is 16.7. The maximum Gasteiger partial charge on any atom is 0.408 e. The highest BCUT2D eigenvalue weighted by molar-refractivity contribution is 5.92. The number of phenols is 1. The molecule has 3 aromatic rings. The number of alkyl carbamates (subject to hydrolysis) is 1. The van der Waals surface area contributed by atoms with Crippen LogP contribution in [-0.2, 0) is 27.4 Å². The van der Waals surface area contributed by atoms with E-state index in [9.17, 15) is 24.6 Å². The Bertz CT molecular complexity index is 1600. The molecule has 0 unspecified atom stereocenters. The number of nitrogens with zero attached hydrogens (tertiary/aromatic N) is 1. The molecule has 0 fully saturated rings. The molecule has 48 heavy (non-hydrogen) atoms. The van der Waals surface area contributed by atoms with Crippen LogP contribution in [0.25, 0.3) is 0 Å². The molecule has 256 valence electrons. The van der Waals surface area contributed by atoms with E-state index in [1.807, 2.05) is 25.1 Å². The van der Waals surface area contributed by atoms with E-state index in [0.717, 1.165) is 5.56 Å².